The molecule has 76 valence electrons. The first-order valence-corrected chi connectivity index (χ1v) is 4.31. The monoisotopic (exact) mass is 196 g/mol. The Bertz CT molecular complexity index is 306. The summed E-state index contributed by atoms with van der Waals surface area (Å²) >= 11 is 0. The van der Waals surface area contributed by atoms with E-state index in [2.05, 4.69) is 15.0 Å². The fourth-order valence-electron chi connectivity index (χ4n) is 0.922. The van der Waals surface area contributed by atoms with Gasteiger partial charge in [-0.2, -0.15) is 0 Å². The predicted molar refractivity (Wildman–Crippen MR) is 49.3 cm³/mol. The Morgan fingerprint density at radius 1 is 1.57 bits per heavy atom. The minimum absolute atomic E-state index is 0.203. The molecule has 0 aromatic carbocycles. The van der Waals surface area contributed by atoms with Crippen LogP contribution in [0.25, 0.3) is 0 Å². The Balaban J connectivity index is 2.31. The summed E-state index contributed by atoms with van der Waals surface area (Å²) in [5.74, 6) is -1.57. The molecule has 0 atom stereocenters. The number of H-pyrrole nitrogens is 1. The second-order valence-electron chi connectivity index (χ2n) is 2.60. The van der Waals surface area contributed by atoms with Crippen LogP contribution in [0.5, 0.6) is 0 Å². The van der Waals surface area contributed by atoms with Gasteiger partial charge in [0.1, 0.15) is 0 Å². The fraction of sp³-hybridized carbons (Fsp3) is 0.333. The van der Waals surface area contributed by atoms with Crippen LogP contribution in [0.1, 0.15) is 12.6 Å². The minimum atomic E-state index is -0.848. The molecule has 0 fully saturated rings. The van der Waals surface area contributed by atoms with E-state index >= 15 is 0 Å². The second kappa shape index (κ2) is 5.06. The van der Waals surface area contributed by atoms with E-state index < -0.39 is 11.9 Å². The van der Waals surface area contributed by atoms with Gasteiger partial charge in [0.15, 0.2) is 0 Å². The molecule has 0 saturated carbocycles. The number of aromatic amines is 1. The van der Waals surface area contributed by atoms with Crippen molar-refractivity contribution in [1.82, 2.24) is 10.3 Å². The summed E-state index contributed by atoms with van der Waals surface area (Å²) in [4.78, 5) is 24.8. The van der Waals surface area contributed by atoms with Gasteiger partial charge in [0.05, 0.1) is 13.2 Å². The maximum atomic E-state index is 11.0. The van der Waals surface area contributed by atoms with Gasteiger partial charge in [-0.3, -0.25) is 4.79 Å². The fourth-order valence-corrected chi connectivity index (χ4v) is 0.922. The third kappa shape index (κ3) is 2.93. The van der Waals surface area contributed by atoms with Crippen molar-refractivity contribution in [3.05, 3.63) is 24.0 Å². The van der Waals surface area contributed by atoms with Gasteiger partial charge >= 0.3 is 11.9 Å². The molecule has 0 bridgehead atoms. The lowest BCUT2D eigenvalue weighted by Gasteiger charge is -2.02. The molecule has 0 unspecified atom stereocenters. The quantitative estimate of drug-likeness (QED) is 0.535. The average Bonchev–Trinajstić information content (AvgIpc) is 2.67. The van der Waals surface area contributed by atoms with Gasteiger partial charge in [-0.05, 0) is 19.1 Å². The average molecular weight is 196 g/mol. The van der Waals surface area contributed by atoms with Crippen LogP contribution in [-0.2, 0) is 20.9 Å². The molecule has 1 heterocycles. The number of nitrogens with one attached hydrogen (secondary N) is 2. The highest BCUT2D eigenvalue weighted by Crippen LogP contribution is 1.92. The first-order valence-electron chi connectivity index (χ1n) is 4.31. The zero-order chi connectivity index (χ0) is 10.4. The van der Waals surface area contributed by atoms with Crippen LogP contribution < -0.4 is 5.32 Å². The molecule has 5 nitrogen and oxygen atoms in total. The van der Waals surface area contributed by atoms with Crippen molar-refractivity contribution in [1.29, 1.82) is 0 Å². The molecule has 0 spiro atoms. The molecule has 0 aliphatic rings. The number of hydrogen-bond acceptors (Lipinski definition) is 3. The molecule has 1 aromatic rings. The van der Waals surface area contributed by atoms with Crippen molar-refractivity contribution in [2.45, 2.75) is 13.5 Å². The van der Waals surface area contributed by atoms with Crippen LogP contribution in [0, 0.1) is 0 Å². The molecule has 1 amide bonds. The van der Waals surface area contributed by atoms with E-state index in [1.165, 1.54) is 0 Å². The number of rotatable bonds is 3. The Hall–Kier alpha value is -1.78. The number of ether oxygens (including phenoxy) is 1. The highest BCUT2D eigenvalue weighted by Gasteiger charge is 2.13. The van der Waals surface area contributed by atoms with E-state index in [0.717, 1.165) is 5.69 Å². The van der Waals surface area contributed by atoms with E-state index in [4.69, 9.17) is 0 Å². The summed E-state index contributed by atoms with van der Waals surface area (Å²) in [6.07, 6.45) is 1.74. The highest BCUT2D eigenvalue weighted by atomic mass is 16.5. The van der Waals surface area contributed by atoms with Crippen molar-refractivity contribution in [2.75, 3.05) is 6.61 Å². The lowest BCUT2D eigenvalue weighted by Crippen LogP contribution is -2.32. The van der Waals surface area contributed by atoms with Crippen LogP contribution in [0.4, 0.5) is 0 Å². The van der Waals surface area contributed by atoms with Crippen LogP contribution >= 0.6 is 0 Å². The summed E-state index contributed by atoms with van der Waals surface area (Å²) in [6, 6.07) is 3.62. The molecular formula is C9H12N2O3. The molecule has 1 aromatic heterocycles. The third-order valence-corrected chi connectivity index (χ3v) is 1.56. The third-order valence-electron chi connectivity index (χ3n) is 1.56. The largest absolute Gasteiger partial charge is 0.459 e. The normalized spacial score (nSPS) is 9.50. The number of hydrogen-bond donors (Lipinski definition) is 2. The van der Waals surface area contributed by atoms with Gasteiger partial charge in [-0.1, -0.05) is 0 Å². The van der Waals surface area contributed by atoms with E-state index in [1.807, 2.05) is 12.1 Å². The summed E-state index contributed by atoms with van der Waals surface area (Å²) in [7, 11) is 0. The summed E-state index contributed by atoms with van der Waals surface area (Å²) in [5.41, 5.74) is 0.836. The summed E-state index contributed by atoms with van der Waals surface area (Å²) in [5, 5.41) is 2.42. The van der Waals surface area contributed by atoms with Crippen LogP contribution in [-0.4, -0.2) is 23.5 Å². The molecule has 0 aliphatic heterocycles. The first kappa shape index (κ1) is 10.3. The number of amides is 1. The van der Waals surface area contributed by atoms with Crippen LogP contribution in [0.15, 0.2) is 18.3 Å². The maximum absolute atomic E-state index is 11.0. The summed E-state index contributed by atoms with van der Waals surface area (Å²) < 4.78 is 4.51. The van der Waals surface area contributed by atoms with E-state index in [0.29, 0.717) is 6.54 Å². The van der Waals surface area contributed by atoms with Gasteiger partial charge in [0.25, 0.3) is 0 Å². The predicted octanol–water partition coefficient (Wildman–Crippen LogP) is 0.194. The Morgan fingerprint density at radius 2 is 2.36 bits per heavy atom. The van der Waals surface area contributed by atoms with Crippen molar-refractivity contribution < 1.29 is 14.3 Å². The maximum Gasteiger partial charge on any atom is 0.396 e. The molecule has 2 N–H and O–H groups in total. The molecule has 1 rings (SSSR count). The van der Waals surface area contributed by atoms with Gasteiger partial charge in [-0.25, -0.2) is 4.79 Å². The van der Waals surface area contributed by atoms with Crippen LogP contribution in [0.3, 0.4) is 0 Å². The smallest absolute Gasteiger partial charge is 0.396 e. The van der Waals surface area contributed by atoms with Crippen molar-refractivity contribution in [3.63, 3.8) is 0 Å². The number of carbonyl (C=O) groups excluding carboxylic acids is 2. The van der Waals surface area contributed by atoms with Crippen molar-refractivity contribution in [2.24, 2.45) is 0 Å². The molecular weight excluding hydrogens is 184 g/mol. The van der Waals surface area contributed by atoms with Crippen LogP contribution in [0.2, 0.25) is 0 Å². The van der Waals surface area contributed by atoms with E-state index in [-0.39, 0.29) is 6.61 Å². The molecule has 14 heavy (non-hydrogen) atoms. The lowest BCUT2D eigenvalue weighted by atomic mass is 10.4. The van der Waals surface area contributed by atoms with Crippen molar-refractivity contribution >= 4 is 11.9 Å². The Kier molecular flexibility index (Phi) is 3.72. The van der Waals surface area contributed by atoms with Gasteiger partial charge < -0.3 is 15.0 Å². The first-order chi connectivity index (χ1) is 6.74. The molecule has 5 heteroatoms. The topological polar surface area (TPSA) is 71.2 Å². The summed E-state index contributed by atoms with van der Waals surface area (Å²) in [6.45, 7) is 2.15. The molecule has 0 aliphatic carbocycles. The zero-order valence-electron chi connectivity index (χ0n) is 7.87. The lowest BCUT2D eigenvalue weighted by molar-refractivity contribution is -0.154. The SMILES string of the molecule is CCOC(=O)C(=O)NCc1ccc[nH]1. The standard InChI is InChI=1S/C9H12N2O3/c1-2-14-9(13)8(12)11-6-7-4-3-5-10-7/h3-5,10H,2,6H2,1H3,(H,11,12). The second-order valence-corrected chi connectivity index (χ2v) is 2.60. The Labute approximate surface area is 81.5 Å². The van der Waals surface area contributed by atoms with E-state index in [9.17, 15) is 9.59 Å². The van der Waals surface area contributed by atoms with Gasteiger partial charge in [-0.15, -0.1) is 0 Å². The van der Waals surface area contributed by atoms with Gasteiger partial charge in [0.2, 0.25) is 0 Å². The highest BCUT2D eigenvalue weighted by molar-refractivity contribution is 6.32. The van der Waals surface area contributed by atoms with Gasteiger partial charge in [0, 0.05) is 11.9 Å². The molecule has 0 saturated heterocycles. The number of aromatic nitrogens is 1. The number of esters is 1. The van der Waals surface area contributed by atoms with Crippen molar-refractivity contribution in [3.8, 4) is 0 Å². The molecule has 0 radical (unpaired) electrons. The van der Waals surface area contributed by atoms with E-state index in [1.54, 1.807) is 13.1 Å². The minimum Gasteiger partial charge on any atom is -0.459 e. The number of carbonyl (C=O) groups is 2. The zero-order valence-corrected chi connectivity index (χ0v) is 7.87. The Morgan fingerprint density at radius 3 is 2.93 bits per heavy atom.